The monoisotopic (exact) mass is 470 g/mol. The Labute approximate surface area is 198 Å². The predicted molar refractivity (Wildman–Crippen MR) is 130 cm³/mol. The van der Waals surface area contributed by atoms with Crippen LogP contribution in [-0.2, 0) is 16.0 Å². The van der Waals surface area contributed by atoms with Crippen LogP contribution in [0.1, 0.15) is 35.7 Å². The van der Waals surface area contributed by atoms with Crippen molar-refractivity contribution in [3.63, 3.8) is 0 Å². The summed E-state index contributed by atoms with van der Waals surface area (Å²) in [6.07, 6.45) is 1.22. The van der Waals surface area contributed by atoms with Gasteiger partial charge in [0.05, 0.1) is 20.1 Å². The average molecular weight is 471 g/mol. The van der Waals surface area contributed by atoms with Crippen LogP contribution in [0, 0.1) is 0 Å². The molecule has 0 radical (unpaired) electrons. The molecule has 1 aliphatic heterocycles. The normalized spacial score (nSPS) is 13.3. The number of hydrogen-bond acceptors (Lipinski definition) is 6. The van der Waals surface area contributed by atoms with Crippen molar-refractivity contribution in [1.82, 2.24) is 4.90 Å². The van der Waals surface area contributed by atoms with Gasteiger partial charge in [-0.2, -0.15) is 11.8 Å². The number of hydrogen-bond donors (Lipinski definition) is 1. The maximum atomic E-state index is 12.4. The molecule has 176 valence electrons. The fraction of sp³-hybridized carbons (Fsp3) is 0.400. The third-order valence-corrected chi connectivity index (χ3v) is 6.28. The Bertz CT molecular complexity index is 971. The molecule has 0 unspecified atom stereocenters. The Kier molecular flexibility index (Phi) is 9.18. The van der Waals surface area contributed by atoms with Gasteiger partial charge in [0.2, 0.25) is 11.8 Å². The van der Waals surface area contributed by atoms with E-state index in [1.54, 1.807) is 18.2 Å². The number of thioether (sulfide) groups is 1. The Morgan fingerprint density at radius 3 is 2.42 bits per heavy atom. The van der Waals surface area contributed by atoms with E-state index in [1.165, 1.54) is 14.0 Å². The van der Waals surface area contributed by atoms with Crippen LogP contribution in [0.15, 0.2) is 42.5 Å². The fourth-order valence-electron chi connectivity index (χ4n) is 3.45. The molecule has 0 aromatic heterocycles. The van der Waals surface area contributed by atoms with Gasteiger partial charge in [0, 0.05) is 42.3 Å². The summed E-state index contributed by atoms with van der Waals surface area (Å²) in [5, 5.41) is 2.87. The van der Waals surface area contributed by atoms with Crippen molar-refractivity contribution in [3.8, 4) is 11.5 Å². The van der Waals surface area contributed by atoms with Gasteiger partial charge in [-0.15, -0.1) is 0 Å². The first-order chi connectivity index (χ1) is 16.0. The van der Waals surface area contributed by atoms with Crippen LogP contribution < -0.4 is 14.8 Å². The quantitative estimate of drug-likeness (QED) is 0.420. The maximum Gasteiger partial charge on any atom is 0.227 e. The van der Waals surface area contributed by atoms with E-state index in [0.29, 0.717) is 48.6 Å². The van der Waals surface area contributed by atoms with Crippen LogP contribution in [0.2, 0.25) is 0 Å². The lowest BCUT2D eigenvalue weighted by molar-refractivity contribution is -0.130. The van der Waals surface area contributed by atoms with E-state index < -0.39 is 0 Å². The number of anilines is 1. The highest BCUT2D eigenvalue weighted by Gasteiger charge is 2.17. The van der Waals surface area contributed by atoms with Gasteiger partial charge in [0.1, 0.15) is 0 Å². The van der Waals surface area contributed by atoms with Crippen molar-refractivity contribution in [2.45, 2.75) is 26.2 Å². The molecule has 0 bridgehead atoms. The summed E-state index contributed by atoms with van der Waals surface area (Å²) < 4.78 is 11.0. The predicted octanol–water partition coefficient (Wildman–Crippen LogP) is 3.81. The van der Waals surface area contributed by atoms with Gasteiger partial charge in [0.15, 0.2) is 17.3 Å². The van der Waals surface area contributed by atoms with E-state index in [-0.39, 0.29) is 17.6 Å². The highest BCUT2D eigenvalue weighted by atomic mass is 32.2. The third-order valence-electron chi connectivity index (χ3n) is 5.33. The van der Waals surface area contributed by atoms with Gasteiger partial charge >= 0.3 is 0 Å². The molecule has 3 rings (SSSR count). The van der Waals surface area contributed by atoms with Gasteiger partial charge in [-0.05, 0) is 49.2 Å². The molecule has 1 heterocycles. The molecule has 0 saturated carbocycles. The van der Waals surface area contributed by atoms with E-state index in [2.05, 4.69) is 5.32 Å². The van der Waals surface area contributed by atoms with Crippen LogP contribution in [0.5, 0.6) is 11.5 Å². The number of ketones is 1. The smallest absolute Gasteiger partial charge is 0.227 e. The topological polar surface area (TPSA) is 84.9 Å². The van der Waals surface area contributed by atoms with Crippen molar-refractivity contribution in [2.75, 3.05) is 43.6 Å². The van der Waals surface area contributed by atoms with Crippen molar-refractivity contribution in [1.29, 1.82) is 0 Å². The Morgan fingerprint density at radius 1 is 1.03 bits per heavy atom. The second kappa shape index (κ2) is 12.3. The van der Waals surface area contributed by atoms with Gasteiger partial charge < -0.3 is 19.7 Å². The van der Waals surface area contributed by atoms with E-state index >= 15 is 0 Å². The summed E-state index contributed by atoms with van der Waals surface area (Å²) >= 11 is 1.88. The molecule has 2 amide bonds. The number of Topliss-reactive ketones (excluding diaryl/α,β-unsaturated/α-hetero) is 1. The number of methoxy groups -OCH3 is 1. The zero-order valence-electron chi connectivity index (χ0n) is 19.1. The van der Waals surface area contributed by atoms with Crippen LogP contribution in [0.4, 0.5) is 5.69 Å². The van der Waals surface area contributed by atoms with Crippen LogP contribution >= 0.6 is 11.8 Å². The number of ether oxygens (including phenoxy) is 2. The second-order valence-electron chi connectivity index (χ2n) is 7.79. The number of benzene rings is 2. The molecule has 1 N–H and O–H groups in total. The molecule has 8 heteroatoms. The molecule has 1 aliphatic rings. The molecular formula is C25H30N2O5S. The highest BCUT2D eigenvalue weighted by molar-refractivity contribution is 7.99. The summed E-state index contributed by atoms with van der Waals surface area (Å²) in [6.45, 7) is 3.48. The second-order valence-corrected chi connectivity index (χ2v) is 9.01. The minimum atomic E-state index is -0.105. The zero-order valence-corrected chi connectivity index (χ0v) is 19.9. The van der Waals surface area contributed by atoms with Crippen LogP contribution in [0.3, 0.4) is 0 Å². The number of carbonyl (C=O) groups excluding carboxylic acids is 3. The molecular weight excluding hydrogens is 440 g/mol. The first kappa shape index (κ1) is 24.6. The van der Waals surface area contributed by atoms with Crippen molar-refractivity contribution < 1.29 is 23.9 Å². The van der Waals surface area contributed by atoms with Gasteiger partial charge in [-0.25, -0.2) is 0 Å². The molecule has 2 aromatic carbocycles. The third kappa shape index (κ3) is 7.53. The number of carbonyl (C=O) groups is 3. The molecule has 2 aromatic rings. The van der Waals surface area contributed by atoms with Crippen LogP contribution in [0.25, 0.3) is 0 Å². The summed E-state index contributed by atoms with van der Waals surface area (Å²) in [6, 6.07) is 12.4. The molecule has 33 heavy (non-hydrogen) atoms. The number of amides is 2. The minimum absolute atomic E-state index is 0.0441. The van der Waals surface area contributed by atoms with Gasteiger partial charge in [-0.3, -0.25) is 14.4 Å². The SMILES string of the molecule is COc1cc(C(C)=O)ccc1OCCCC(=O)Nc1ccc(CC(=O)N2CCSCC2)cc1. The van der Waals surface area contributed by atoms with Gasteiger partial charge in [-0.1, -0.05) is 12.1 Å². The Morgan fingerprint density at radius 2 is 1.76 bits per heavy atom. The minimum Gasteiger partial charge on any atom is -0.493 e. The van der Waals surface area contributed by atoms with Crippen molar-refractivity contribution >= 4 is 35.0 Å². The van der Waals surface area contributed by atoms with Crippen LogP contribution in [-0.4, -0.2) is 60.8 Å². The largest absolute Gasteiger partial charge is 0.493 e. The average Bonchev–Trinajstić information content (AvgIpc) is 2.83. The van der Waals surface area contributed by atoms with E-state index in [0.717, 1.165) is 30.2 Å². The Balaban J connectivity index is 1.40. The number of nitrogens with zero attached hydrogens (tertiary/aromatic N) is 1. The fourth-order valence-corrected chi connectivity index (χ4v) is 4.35. The first-order valence-electron chi connectivity index (χ1n) is 11.0. The first-order valence-corrected chi connectivity index (χ1v) is 12.2. The Hall–Kier alpha value is -3.00. The summed E-state index contributed by atoms with van der Waals surface area (Å²) in [5.41, 5.74) is 2.20. The van der Waals surface area contributed by atoms with Gasteiger partial charge in [0.25, 0.3) is 0 Å². The van der Waals surface area contributed by atoms with Crippen molar-refractivity contribution in [3.05, 3.63) is 53.6 Å². The number of nitrogens with one attached hydrogen (secondary N) is 1. The molecule has 0 aliphatic carbocycles. The highest BCUT2D eigenvalue weighted by Crippen LogP contribution is 2.28. The van der Waals surface area contributed by atoms with E-state index in [1.807, 2.05) is 40.9 Å². The van der Waals surface area contributed by atoms with E-state index in [9.17, 15) is 14.4 Å². The lowest BCUT2D eigenvalue weighted by Crippen LogP contribution is -2.38. The maximum absolute atomic E-state index is 12.4. The molecule has 1 saturated heterocycles. The summed E-state index contributed by atoms with van der Waals surface area (Å²) in [4.78, 5) is 38.0. The van der Waals surface area contributed by atoms with Crippen molar-refractivity contribution in [2.24, 2.45) is 0 Å². The lowest BCUT2D eigenvalue weighted by atomic mass is 10.1. The zero-order chi connectivity index (χ0) is 23.6. The lowest BCUT2D eigenvalue weighted by Gasteiger charge is -2.26. The summed E-state index contributed by atoms with van der Waals surface area (Å²) in [5.74, 6) is 3.04. The van der Waals surface area contributed by atoms with E-state index in [4.69, 9.17) is 9.47 Å². The standard InChI is InChI=1S/C25H30N2O5S/c1-18(28)20-7-10-22(23(17-20)31-2)32-13-3-4-24(29)26-21-8-5-19(6-9-21)16-25(30)27-11-14-33-15-12-27/h5-10,17H,3-4,11-16H2,1-2H3,(H,26,29). The number of rotatable bonds is 10. The summed E-state index contributed by atoms with van der Waals surface area (Å²) in [7, 11) is 1.52. The molecule has 7 nitrogen and oxygen atoms in total. The molecule has 1 fully saturated rings. The molecule has 0 atom stereocenters. The molecule has 0 spiro atoms.